The van der Waals surface area contributed by atoms with Crippen molar-refractivity contribution in [2.24, 2.45) is 11.8 Å². The molecule has 0 saturated carbocycles. The highest BCUT2D eigenvalue weighted by Crippen LogP contribution is 2.25. The topological polar surface area (TPSA) is 54.5 Å². The minimum Gasteiger partial charge on any atom is -0.338 e. The molecule has 1 aromatic carbocycles. The van der Waals surface area contributed by atoms with Gasteiger partial charge in [0, 0.05) is 13.1 Å². The van der Waals surface area contributed by atoms with Gasteiger partial charge in [0.25, 0.3) is 5.91 Å². The molecule has 1 aliphatic rings. The summed E-state index contributed by atoms with van der Waals surface area (Å²) in [6.45, 7) is 7.25. The Labute approximate surface area is 127 Å². The number of hydrogen-bond acceptors (Lipinski definition) is 3. The third-order valence-corrected chi connectivity index (χ3v) is 5.77. The Balaban J connectivity index is 2.36. The van der Waals surface area contributed by atoms with Crippen molar-refractivity contribution >= 4 is 15.7 Å². The minimum atomic E-state index is -3.39. The van der Waals surface area contributed by atoms with Gasteiger partial charge >= 0.3 is 0 Å². The number of piperidine rings is 1. The number of benzene rings is 1. The van der Waals surface area contributed by atoms with Crippen LogP contribution in [0.3, 0.4) is 0 Å². The lowest BCUT2D eigenvalue weighted by molar-refractivity contribution is 0.0619. The molecule has 0 bridgehead atoms. The molecule has 2 unspecified atom stereocenters. The maximum atomic E-state index is 12.7. The highest BCUT2D eigenvalue weighted by molar-refractivity contribution is 7.91. The molecule has 1 heterocycles. The van der Waals surface area contributed by atoms with Crippen molar-refractivity contribution in [2.45, 2.75) is 32.1 Å². The van der Waals surface area contributed by atoms with Crippen LogP contribution in [0.1, 0.15) is 37.6 Å². The third-order valence-electron chi connectivity index (χ3n) is 3.99. The first kappa shape index (κ1) is 16.0. The molecule has 1 aromatic rings. The second kappa shape index (κ2) is 6.18. The van der Waals surface area contributed by atoms with Gasteiger partial charge in [0.15, 0.2) is 9.84 Å². The molecule has 0 aromatic heterocycles. The first-order valence-electron chi connectivity index (χ1n) is 7.46. The summed E-state index contributed by atoms with van der Waals surface area (Å²) in [6, 6.07) is 6.54. The van der Waals surface area contributed by atoms with E-state index < -0.39 is 9.84 Å². The van der Waals surface area contributed by atoms with Crippen LogP contribution in [-0.4, -0.2) is 38.1 Å². The fourth-order valence-electron chi connectivity index (χ4n) is 3.07. The zero-order valence-corrected chi connectivity index (χ0v) is 13.7. The summed E-state index contributed by atoms with van der Waals surface area (Å²) < 4.78 is 24.3. The van der Waals surface area contributed by atoms with E-state index in [0.29, 0.717) is 30.5 Å². The molecule has 2 rings (SSSR count). The van der Waals surface area contributed by atoms with E-state index in [2.05, 4.69) is 13.8 Å². The maximum absolute atomic E-state index is 12.7. The quantitative estimate of drug-likeness (QED) is 0.862. The lowest BCUT2D eigenvalue weighted by atomic mass is 9.91. The van der Waals surface area contributed by atoms with Crippen molar-refractivity contribution in [3.05, 3.63) is 29.8 Å². The van der Waals surface area contributed by atoms with Crippen LogP contribution in [0.5, 0.6) is 0 Å². The number of nitrogens with zero attached hydrogens (tertiary/aromatic N) is 1. The standard InChI is InChI=1S/C16H23NO3S/c1-4-21(19,20)15-8-6-5-7-14(15)16(18)17-10-12(2)9-13(3)11-17/h5-8,12-13H,4,9-11H2,1-3H3. The summed E-state index contributed by atoms with van der Waals surface area (Å²) in [7, 11) is -3.39. The third kappa shape index (κ3) is 3.46. The number of likely N-dealkylation sites (tertiary alicyclic amines) is 1. The van der Waals surface area contributed by atoms with Gasteiger partial charge in [-0.05, 0) is 30.4 Å². The molecule has 0 aliphatic carbocycles. The minimum absolute atomic E-state index is 0.00407. The Kier molecular flexibility index (Phi) is 4.71. The molecule has 0 N–H and O–H groups in total. The molecule has 0 spiro atoms. The van der Waals surface area contributed by atoms with Gasteiger partial charge in [0.05, 0.1) is 16.2 Å². The summed E-state index contributed by atoms with van der Waals surface area (Å²) in [5, 5.41) is 0. The van der Waals surface area contributed by atoms with E-state index in [4.69, 9.17) is 0 Å². The summed E-state index contributed by atoms with van der Waals surface area (Å²) in [6.07, 6.45) is 1.11. The Morgan fingerprint density at radius 1 is 1.19 bits per heavy atom. The Morgan fingerprint density at radius 2 is 1.76 bits per heavy atom. The molecule has 1 fully saturated rings. The van der Waals surface area contributed by atoms with Crippen LogP contribution in [-0.2, 0) is 9.84 Å². The fraction of sp³-hybridized carbons (Fsp3) is 0.562. The van der Waals surface area contributed by atoms with Crippen LogP contribution in [0.25, 0.3) is 0 Å². The summed E-state index contributed by atoms with van der Waals surface area (Å²) in [4.78, 5) is 14.7. The van der Waals surface area contributed by atoms with Crippen molar-refractivity contribution in [2.75, 3.05) is 18.8 Å². The van der Waals surface area contributed by atoms with E-state index in [9.17, 15) is 13.2 Å². The zero-order chi connectivity index (χ0) is 15.6. The van der Waals surface area contributed by atoms with Gasteiger partial charge in [0.2, 0.25) is 0 Å². The largest absolute Gasteiger partial charge is 0.338 e. The first-order valence-corrected chi connectivity index (χ1v) is 9.11. The molecular weight excluding hydrogens is 286 g/mol. The van der Waals surface area contributed by atoms with Gasteiger partial charge in [-0.1, -0.05) is 32.9 Å². The molecule has 1 saturated heterocycles. The van der Waals surface area contributed by atoms with E-state index in [1.165, 1.54) is 6.07 Å². The molecule has 5 heteroatoms. The van der Waals surface area contributed by atoms with E-state index in [0.717, 1.165) is 6.42 Å². The van der Waals surface area contributed by atoms with Crippen molar-refractivity contribution < 1.29 is 13.2 Å². The molecule has 0 radical (unpaired) electrons. The van der Waals surface area contributed by atoms with Crippen LogP contribution < -0.4 is 0 Å². The first-order chi connectivity index (χ1) is 9.85. The lowest BCUT2D eigenvalue weighted by Crippen LogP contribution is -2.43. The van der Waals surface area contributed by atoms with Crippen molar-refractivity contribution in [3.8, 4) is 0 Å². The highest BCUT2D eigenvalue weighted by Gasteiger charge is 2.29. The van der Waals surface area contributed by atoms with Crippen molar-refractivity contribution in [1.82, 2.24) is 4.90 Å². The Hall–Kier alpha value is -1.36. The Morgan fingerprint density at radius 3 is 2.33 bits per heavy atom. The van der Waals surface area contributed by atoms with Crippen LogP contribution in [0.2, 0.25) is 0 Å². The van der Waals surface area contributed by atoms with Crippen molar-refractivity contribution in [3.63, 3.8) is 0 Å². The number of rotatable bonds is 3. The predicted octanol–water partition coefficient (Wildman–Crippen LogP) is 2.60. The van der Waals surface area contributed by atoms with Gasteiger partial charge < -0.3 is 4.90 Å². The number of carbonyl (C=O) groups is 1. The molecule has 4 nitrogen and oxygen atoms in total. The number of carbonyl (C=O) groups excluding carboxylic acids is 1. The van der Waals surface area contributed by atoms with Crippen LogP contribution in [0.15, 0.2) is 29.2 Å². The van der Waals surface area contributed by atoms with E-state index >= 15 is 0 Å². The maximum Gasteiger partial charge on any atom is 0.255 e. The summed E-state index contributed by atoms with van der Waals surface area (Å²) in [5.41, 5.74) is 0.306. The lowest BCUT2D eigenvalue weighted by Gasteiger charge is -2.35. The number of hydrogen-bond donors (Lipinski definition) is 0. The normalized spacial score (nSPS) is 23.1. The SMILES string of the molecule is CCS(=O)(=O)c1ccccc1C(=O)N1CC(C)CC(C)C1. The monoisotopic (exact) mass is 309 g/mol. The predicted molar refractivity (Wildman–Crippen MR) is 83.0 cm³/mol. The molecule has 21 heavy (non-hydrogen) atoms. The van der Waals surface area contributed by atoms with Gasteiger partial charge in [-0.3, -0.25) is 4.79 Å². The molecule has 116 valence electrons. The molecular formula is C16H23NO3S. The van der Waals surface area contributed by atoms with Gasteiger partial charge in [0.1, 0.15) is 0 Å². The van der Waals surface area contributed by atoms with E-state index in [1.807, 2.05) is 0 Å². The summed E-state index contributed by atoms with van der Waals surface area (Å²) in [5.74, 6) is 0.741. The fourth-order valence-corrected chi connectivity index (χ4v) is 4.16. The van der Waals surface area contributed by atoms with Gasteiger partial charge in [-0.25, -0.2) is 8.42 Å². The van der Waals surface area contributed by atoms with E-state index in [-0.39, 0.29) is 16.6 Å². The molecule has 1 amide bonds. The molecule has 1 aliphatic heterocycles. The molecule has 2 atom stereocenters. The average molecular weight is 309 g/mol. The van der Waals surface area contributed by atoms with Crippen molar-refractivity contribution in [1.29, 1.82) is 0 Å². The average Bonchev–Trinajstić information content (AvgIpc) is 2.45. The van der Waals surface area contributed by atoms with Crippen LogP contribution in [0.4, 0.5) is 0 Å². The van der Waals surface area contributed by atoms with Crippen LogP contribution >= 0.6 is 0 Å². The summed E-state index contributed by atoms with van der Waals surface area (Å²) >= 11 is 0. The van der Waals surface area contributed by atoms with Gasteiger partial charge in [-0.15, -0.1) is 0 Å². The smallest absolute Gasteiger partial charge is 0.255 e. The highest BCUT2D eigenvalue weighted by atomic mass is 32.2. The Bertz CT molecular complexity index is 614. The van der Waals surface area contributed by atoms with E-state index in [1.54, 1.807) is 30.0 Å². The van der Waals surface area contributed by atoms with Gasteiger partial charge in [-0.2, -0.15) is 0 Å². The zero-order valence-electron chi connectivity index (χ0n) is 12.9. The number of sulfone groups is 1. The van der Waals surface area contributed by atoms with Crippen LogP contribution in [0, 0.1) is 11.8 Å². The second-order valence-corrected chi connectivity index (χ2v) is 8.30. The number of amides is 1. The second-order valence-electron chi connectivity index (χ2n) is 6.06.